The van der Waals surface area contributed by atoms with Gasteiger partial charge in [-0.1, -0.05) is 80.9 Å². The van der Waals surface area contributed by atoms with Crippen molar-refractivity contribution in [2.45, 2.75) is 77.4 Å². The molecule has 0 amide bonds. The SMILES string of the molecule is CC[C@H](C)[C@H](N[C@@H](CCN1CCC(c2cc(Cc3ccccc3)nn2CC)CC1)c1ccccc1)C(=O)O. The molecular formula is C32H44N4O2. The molecule has 0 aliphatic carbocycles. The molecule has 2 aromatic carbocycles. The number of nitrogens with zero attached hydrogens (tertiary/aromatic N) is 3. The highest BCUT2D eigenvalue weighted by molar-refractivity contribution is 5.73. The summed E-state index contributed by atoms with van der Waals surface area (Å²) in [5, 5.41) is 18.3. The molecule has 1 fully saturated rings. The fourth-order valence-corrected chi connectivity index (χ4v) is 5.69. The van der Waals surface area contributed by atoms with Crippen molar-refractivity contribution in [3.8, 4) is 0 Å². The van der Waals surface area contributed by atoms with Gasteiger partial charge in [-0.15, -0.1) is 0 Å². The molecule has 0 unspecified atom stereocenters. The number of piperidine rings is 1. The molecule has 1 aliphatic rings. The van der Waals surface area contributed by atoms with Crippen LogP contribution >= 0.6 is 0 Å². The van der Waals surface area contributed by atoms with Gasteiger partial charge in [0, 0.05) is 30.6 Å². The van der Waals surface area contributed by atoms with Gasteiger partial charge in [-0.25, -0.2) is 0 Å². The molecule has 3 atom stereocenters. The van der Waals surface area contributed by atoms with Crippen LogP contribution in [0.2, 0.25) is 0 Å². The number of aromatic nitrogens is 2. The second kappa shape index (κ2) is 13.7. The summed E-state index contributed by atoms with van der Waals surface area (Å²) >= 11 is 0. The van der Waals surface area contributed by atoms with Crippen LogP contribution in [-0.4, -0.2) is 51.4 Å². The van der Waals surface area contributed by atoms with Gasteiger partial charge in [-0.2, -0.15) is 5.10 Å². The molecule has 6 heteroatoms. The highest BCUT2D eigenvalue weighted by Crippen LogP contribution is 2.30. The number of carboxylic acid groups (broad SMARTS) is 1. The minimum atomic E-state index is -0.764. The predicted molar refractivity (Wildman–Crippen MR) is 153 cm³/mol. The third kappa shape index (κ3) is 7.33. The summed E-state index contributed by atoms with van der Waals surface area (Å²) in [5.74, 6) is -0.155. The lowest BCUT2D eigenvalue weighted by molar-refractivity contribution is -0.141. The molecule has 0 saturated carbocycles. The zero-order chi connectivity index (χ0) is 26.9. The third-order valence-electron chi connectivity index (χ3n) is 8.19. The standard InChI is InChI=1S/C32H44N4O2/c1-4-24(3)31(32(37)38)33-29(26-14-10-7-11-15-26)18-21-35-19-16-27(17-20-35)30-23-28(34-36(30)5-2)22-25-12-8-6-9-13-25/h6-15,23-24,27,29,31,33H,4-5,16-22H2,1-3H3,(H,37,38)/t24-,29-,31-/m0/s1. The molecule has 1 aromatic heterocycles. The lowest BCUT2D eigenvalue weighted by atomic mass is 9.92. The predicted octanol–water partition coefficient (Wildman–Crippen LogP) is 5.89. The number of hydrogen-bond donors (Lipinski definition) is 2. The topological polar surface area (TPSA) is 70.4 Å². The molecular weight excluding hydrogens is 472 g/mol. The van der Waals surface area contributed by atoms with E-state index >= 15 is 0 Å². The number of hydrogen-bond acceptors (Lipinski definition) is 4. The van der Waals surface area contributed by atoms with Gasteiger partial charge in [0.25, 0.3) is 0 Å². The lowest BCUT2D eigenvalue weighted by Gasteiger charge is -2.34. The normalized spacial score (nSPS) is 17.2. The summed E-state index contributed by atoms with van der Waals surface area (Å²) < 4.78 is 2.20. The molecule has 6 nitrogen and oxygen atoms in total. The summed E-state index contributed by atoms with van der Waals surface area (Å²) in [6.45, 7) is 10.2. The first-order valence-corrected chi connectivity index (χ1v) is 14.3. The molecule has 1 aliphatic heterocycles. The number of nitrogens with one attached hydrogen (secondary N) is 1. The van der Waals surface area contributed by atoms with Crippen LogP contribution in [0.15, 0.2) is 66.7 Å². The van der Waals surface area contributed by atoms with E-state index in [0.717, 1.165) is 69.5 Å². The first-order valence-electron chi connectivity index (χ1n) is 14.3. The van der Waals surface area contributed by atoms with Gasteiger partial charge >= 0.3 is 5.97 Å². The van der Waals surface area contributed by atoms with Crippen LogP contribution in [0.5, 0.6) is 0 Å². The van der Waals surface area contributed by atoms with Gasteiger partial charge in [-0.3, -0.25) is 14.8 Å². The van der Waals surface area contributed by atoms with E-state index in [9.17, 15) is 9.90 Å². The zero-order valence-corrected chi connectivity index (χ0v) is 23.2. The van der Waals surface area contributed by atoms with Crippen molar-refractivity contribution < 1.29 is 9.90 Å². The van der Waals surface area contributed by atoms with Crippen molar-refractivity contribution in [1.82, 2.24) is 20.0 Å². The van der Waals surface area contributed by atoms with Gasteiger partial charge in [0.1, 0.15) is 6.04 Å². The van der Waals surface area contributed by atoms with E-state index in [1.165, 1.54) is 11.3 Å². The summed E-state index contributed by atoms with van der Waals surface area (Å²) in [5.41, 5.74) is 4.99. The van der Waals surface area contributed by atoms with E-state index in [2.05, 4.69) is 77.3 Å². The van der Waals surface area contributed by atoms with E-state index in [1.807, 2.05) is 25.1 Å². The Morgan fingerprint density at radius 1 is 1.05 bits per heavy atom. The summed E-state index contributed by atoms with van der Waals surface area (Å²) in [7, 11) is 0. The van der Waals surface area contributed by atoms with Gasteiger partial charge in [-0.05, 0) is 68.9 Å². The first-order chi connectivity index (χ1) is 18.5. The van der Waals surface area contributed by atoms with Crippen LogP contribution in [-0.2, 0) is 17.8 Å². The van der Waals surface area contributed by atoms with Crippen molar-refractivity contribution in [1.29, 1.82) is 0 Å². The van der Waals surface area contributed by atoms with Crippen LogP contribution in [0.25, 0.3) is 0 Å². The molecule has 4 rings (SSSR count). The van der Waals surface area contributed by atoms with Crippen LogP contribution < -0.4 is 5.32 Å². The Kier molecular flexibility index (Phi) is 10.1. The quantitative estimate of drug-likeness (QED) is 0.296. The van der Waals surface area contributed by atoms with Crippen LogP contribution in [0.1, 0.15) is 80.9 Å². The fourth-order valence-electron chi connectivity index (χ4n) is 5.69. The highest BCUT2D eigenvalue weighted by atomic mass is 16.4. The van der Waals surface area contributed by atoms with Gasteiger partial charge in [0.15, 0.2) is 0 Å². The molecule has 2 N–H and O–H groups in total. The average molecular weight is 517 g/mol. The smallest absolute Gasteiger partial charge is 0.320 e. The molecule has 3 aromatic rings. The number of carbonyl (C=O) groups is 1. The van der Waals surface area contributed by atoms with Crippen molar-refractivity contribution in [2.75, 3.05) is 19.6 Å². The third-order valence-corrected chi connectivity index (χ3v) is 8.19. The minimum Gasteiger partial charge on any atom is -0.480 e. The van der Waals surface area contributed by atoms with E-state index < -0.39 is 12.0 Å². The average Bonchev–Trinajstić information content (AvgIpc) is 3.36. The van der Waals surface area contributed by atoms with Gasteiger partial charge in [0.05, 0.1) is 5.69 Å². The molecule has 0 radical (unpaired) electrons. The van der Waals surface area contributed by atoms with Gasteiger partial charge < -0.3 is 10.0 Å². The van der Waals surface area contributed by atoms with Crippen LogP contribution in [0.4, 0.5) is 0 Å². The van der Waals surface area contributed by atoms with Crippen molar-refractivity contribution in [2.24, 2.45) is 5.92 Å². The van der Waals surface area contributed by atoms with Crippen LogP contribution in [0, 0.1) is 5.92 Å². The molecule has 204 valence electrons. The molecule has 0 spiro atoms. The van der Waals surface area contributed by atoms with E-state index in [-0.39, 0.29) is 12.0 Å². The number of aryl methyl sites for hydroxylation is 1. The number of likely N-dealkylation sites (tertiary alicyclic amines) is 1. The van der Waals surface area contributed by atoms with Gasteiger partial charge in [0.2, 0.25) is 0 Å². The number of benzene rings is 2. The summed E-state index contributed by atoms with van der Waals surface area (Å²) in [6.07, 6.45) is 4.86. The van der Waals surface area contributed by atoms with Crippen molar-refractivity contribution in [3.63, 3.8) is 0 Å². The van der Waals surface area contributed by atoms with E-state index in [1.54, 1.807) is 0 Å². The Hall–Kier alpha value is -2.96. The number of carboxylic acids is 1. The fraction of sp³-hybridized carbons (Fsp3) is 0.500. The van der Waals surface area contributed by atoms with E-state index in [0.29, 0.717) is 5.92 Å². The van der Waals surface area contributed by atoms with Crippen molar-refractivity contribution >= 4 is 5.97 Å². The summed E-state index contributed by atoms with van der Waals surface area (Å²) in [4.78, 5) is 14.6. The van der Waals surface area contributed by atoms with E-state index in [4.69, 9.17) is 5.10 Å². The monoisotopic (exact) mass is 516 g/mol. The number of aliphatic carboxylic acids is 1. The number of rotatable bonds is 13. The lowest BCUT2D eigenvalue weighted by Crippen LogP contribution is -2.44. The maximum atomic E-state index is 12.0. The maximum Gasteiger partial charge on any atom is 0.320 e. The highest BCUT2D eigenvalue weighted by Gasteiger charge is 2.28. The summed E-state index contributed by atoms with van der Waals surface area (Å²) in [6, 6.07) is 22.7. The van der Waals surface area contributed by atoms with Crippen LogP contribution in [0.3, 0.4) is 0 Å². The maximum absolute atomic E-state index is 12.0. The Morgan fingerprint density at radius 2 is 1.71 bits per heavy atom. The largest absolute Gasteiger partial charge is 0.480 e. The minimum absolute atomic E-state index is 0.0195. The molecule has 38 heavy (non-hydrogen) atoms. The Bertz CT molecular complexity index is 1120. The zero-order valence-electron chi connectivity index (χ0n) is 23.2. The van der Waals surface area contributed by atoms with Crippen molar-refractivity contribution in [3.05, 3.63) is 89.2 Å². The first kappa shape index (κ1) is 28.1. The molecule has 0 bridgehead atoms. The second-order valence-corrected chi connectivity index (χ2v) is 10.8. The Balaban J connectivity index is 1.36. The Morgan fingerprint density at radius 3 is 2.32 bits per heavy atom. The molecule has 1 saturated heterocycles. The molecule has 2 heterocycles. The second-order valence-electron chi connectivity index (χ2n) is 10.8. The Labute approximate surface area is 228 Å².